The molecule has 3 N–H and O–H groups in total. The molecular formula is C29H27FN6O8S. The van der Waals surface area contributed by atoms with Crippen LogP contribution in [-0.2, 0) is 23.9 Å². The molecule has 0 bridgehead atoms. The van der Waals surface area contributed by atoms with Gasteiger partial charge in [-0.1, -0.05) is 48.5 Å². The fraction of sp³-hybridized carbons (Fsp3) is 0.276. The zero-order valence-electron chi connectivity index (χ0n) is 23.7. The van der Waals surface area contributed by atoms with E-state index < -0.39 is 59.1 Å². The molecule has 0 radical (unpaired) electrons. The number of imide groups is 1. The summed E-state index contributed by atoms with van der Waals surface area (Å²) < 4.78 is 18.9. The van der Waals surface area contributed by atoms with Gasteiger partial charge >= 0.3 is 24.0 Å². The number of hydrazone groups is 1. The number of nitrogens with zero attached hydrogens (tertiary/aromatic N) is 4. The molecule has 0 aliphatic carbocycles. The summed E-state index contributed by atoms with van der Waals surface area (Å²) in [4.78, 5) is 77.9. The third kappa shape index (κ3) is 6.50. The first kappa shape index (κ1) is 31.2. The quantitative estimate of drug-likeness (QED) is 0.209. The highest BCUT2D eigenvalue weighted by molar-refractivity contribution is 8.00. The first-order valence-corrected chi connectivity index (χ1v) is 14.7. The average Bonchev–Trinajstić information content (AvgIpc) is 3.40. The number of carboxylic acid groups (broad SMARTS) is 1. The molecule has 2 aromatic rings. The Labute approximate surface area is 259 Å². The number of rotatable bonds is 9. The Morgan fingerprint density at radius 1 is 1.11 bits per heavy atom. The van der Waals surface area contributed by atoms with Gasteiger partial charge in [-0.05, 0) is 11.6 Å². The van der Waals surface area contributed by atoms with Crippen molar-refractivity contribution in [1.82, 2.24) is 25.4 Å². The van der Waals surface area contributed by atoms with E-state index in [9.17, 15) is 38.3 Å². The molecule has 3 aliphatic rings. The summed E-state index contributed by atoms with van der Waals surface area (Å²) in [5, 5.41) is 19.2. The zero-order chi connectivity index (χ0) is 32.2. The van der Waals surface area contributed by atoms with Crippen molar-refractivity contribution < 1.29 is 43.0 Å². The summed E-state index contributed by atoms with van der Waals surface area (Å²) >= 11 is 1.19. The molecule has 2 saturated heterocycles. The summed E-state index contributed by atoms with van der Waals surface area (Å²) in [5.41, 5.74) is 0.451. The van der Waals surface area contributed by atoms with Crippen molar-refractivity contribution in [3.8, 4) is 0 Å². The van der Waals surface area contributed by atoms with Crippen LogP contribution in [0.3, 0.4) is 0 Å². The summed E-state index contributed by atoms with van der Waals surface area (Å²) in [5.74, 6) is -3.82. The number of hydrogen-bond donors (Lipinski definition) is 3. The maximum Gasteiger partial charge on any atom is 0.352 e. The number of ether oxygens (including phenoxy) is 1. The van der Waals surface area contributed by atoms with Crippen LogP contribution in [0, 0.1) is 5.82 Å². The highest BCUT2D eigenvalue weighted by Gasteiger charge is 2.54. The van der Waals surface area contributed by atoms with Crippen LogP contribution in [0.25, 0.3) is 0 Å². The van der Waals surface area contributed by atoms with E-state index in [1.54, 1.807) is 36.4 Å². The van der Waals surface area contributed by atoms with Crippen LogP contribution in [0.4, 0.5) is 14.0 Å². The van der Waals surface area contributed by atoms with Crippen LogP contribution in [-0.4, -0.2) is 98.8 Å². The van der Waals surface area contributed by atoms with Gasteiger partial charge in [-0.25, -0.2) is 28.7 Å². The Bertz CT molecular complexity index is 1620. The number of hydrogen-bond acceptors (Lipinski definition) is 9. The van der Waals surface area contributed by atoms with Crippen molar-refractivity contribution >= 4 is 53.8 Å². The third-order valence-corrected chi connectivity index (χ3v) is 8.47. The monoisotopic (exact) mass is 638 g/mol. The number of fused-ring (bicyclic) bond motifs is 1. The van der Waals surface area contributed by atoms with Gasteiger partial charge in [0, 0.05) is 23.8 Å². The number of nitrogens with one attached hydrogen (secondary N) is 2. The van der Waals surface area contributed by atoms with Gasteiger partial charge < -0.3 is 20.5 Å². The molecule has 2 aromatic carbocycles. The predicted molar refractivity (Wildman–Crippen MR) is 157 cm³/mol. The van der Waals surface area contributed by atoms with E-state index in [1.807, 2.05) is 0 Å². The van der Waals surface area contributed by atoms with Crippen LogP contribution >= 0.6 is 11.8 Å². The lowest BCUT2D eigenvalue weighted by Crippen LogP contribution is -2.71. The molecule has 3 atom stereocenters. The van der Waals surface area contributed by atoms with Crippen molar-refractivity contribution in [2.45, 2.75) is 24.4 Å². The van der Waals surface area contributed by atoms with Gasteiger partial charge in [-0.3, -0.25) is 19.3 Å². The van der Waals surface area contributed by atoms with E-state index in [0.717, 1.165) is 14.8 Å². The highest BCUT2D eigenvalue weighted by Crippen LogP contribution is 2.40. The number of esters is 1. The van der Waals surface area contributed by atoms with Crippen molar-refractivity contribution in [3.63, 3.8) is 0 Å². The summed E-state index contributed by atoms with van der Waals surface area (Å²) in [6, 6.07) is 9.88. The van der Waals surface area contributed by atoms with Crippen LogP contribution in [0.15, 0.2) is 71.0 Å². The third-order valence-electron chi connectivity index (χ3n) is 7.13. The number of amides is 6. The van der Waals surface area contributed by atoms with Gasteiger partial charge in [0.05, 0.1) is 19.3 Å². The number of urea groups is 2. The molecule has 14 nitrogen and oxygen atoms in total. The Hall–Kier alpha value is -5.25. The minimum Gasteiger partial charge on any atom is -0.477 e. The molecule has 2 fully saturated rings. The van der Waals surface area contributed by atoms with E-state index in [-0.39, 0.29) is 42.3 Å². The van der Waals surface area contributed by atoms with Gasteiger partial charge in [0.25, 0.3) is 5.91 Å². The second-order valence-corrected chi connectivity index (χ2v) is 11.2. The number of carboxylic acids is 1. The molecule has 3 heterocycles. The number of halogens is 1. The van der Waals surface area contributed by atoms with Crippen LogP contribution in [0.1, 0.15) is 24.1 Å². The Kier molecular flexibility index (Phi) is 9.13. The second kappa shape index (κ2) is 13.2. The lowest BCUT2D eigenvalue weighted by Gasteiger charge is -2.49. The number of benzene rings is 2. The van der Waals surface area contributed by atoms with Gasteiger partial charge in [0.15, 0.2) is 0 Å². The van der Waals surface area contributed by atoms with Crippen molar-refractivity contribution in [2.24, 2.45) is 5.10 Å². The topological polar surface area (TPSA) is 178 Å². The largest absolute Gasteiger partial charge is 0.477 e. The molecule has 6 amide bonds. The lowest BCUT2D eigenvalue weighted by atomic mass is 10.0. The first-order chi connectivity index (χ1) is 21.6. The molecule has 16 heteroatoms. The van der Waals surface area contributed by atoms with Gasteiger partial charge in [0.2, 0.25) is 5.91 Å². The van der Waals surface area contributed by atoms with E-state index in [1.165, 1.54) is 43.1 Å². The molecule has 45 heavy (non-hydrogen) atoms. The number of carbonyl (C=O) groups excluding carboxylic acids is 5. The summed E-state index contributed by atoms with van der Waals surface area (Å²) in [6.45, 7) is 0.863. The average molecular weight is 639 g/mol. The Balaban J connectivity index is 1.28. The second-order valence-electron chi connectivity index (χ2n) is 10.1. The Morgan fingerprint density at radius 2 is 1.82 bits per heavy atom. The maximum absolute atomic E-state index is 13.9. The minimum absolute atomic E-state index is 0.0313. The van der Waals surface area contributed by atoms with Gasteiger partial charge in [-0.15, -0.1) is 11.8 Å². The van der Waals surface area contributed by atoms with Crippen LogP contribution < -0.4 is 10.6 Å². The number of β-lactam (4-membered cyclic amide) rings is 1. The van der Waals surface area contributed by atoms with E-state index in [0.29, 0.717) is 5.56 Å². The highest BCUT2D eigenvalue weighted by atomic mass is 32.2. The van der Waals surface area contributed by atoms with Crippen LogP contribution in [0.2, 0.25) is 0 Å². The number of thioether (sulfide) groups is 1. The molecule has 0 saturated carbocycles. The van der Waals surface area contributed by atoms with Gasteiger partial charge in [-0.2, -0.15) is 5.10 Å². The predicted octanol–water partition coefficient (Wildman–Crippen LogP) is 1.65. The first-order valence-electron chi connectivity index (χ1n) is 13.6. The fourth-order valence-electron chi connectivity index (χ4n) is 4.90. The fourth-order valence-corrected chi connectivity index (χ4v) is 6.23. The normalized spacial score (nSPS) is 20.1. The molecule has 2 unspecified atom stereocenters. The maximum atomic E-state index is 13.9. The standard InChI is InChI=1S/C29H27FN6O8S/c1-16(37)44-14-19-15-45-26-22(25(39)36(26)23(19)27(40)41)32-24(38)21(17-7-3-2-4-8-17)33-28(42)34-11-12-35(29(34)43)31-13-18-9-5-6-10-20(18)30/h2-10,13,21-22,26H,11-12,14-15H2,1H3,(H,32,38)(H,33,42)(H,40,41)/t21?,22?,26-/m0/s1. The van der Waals surface area contributed by atoms with Crippen molar-refractivity contribution in [2.75, 3.05) is 25.4 Å². The van der Waals surface area contributed by atoms with E-state index in [4.69, 9.17) is 4.74 Å². The minimum atomic E-state index is -1.38. The zero-order valence-corrected chi connectivity index (χ0v) is 24.5. The lowest BCUT2D eigenvalue weighted by molar-refractivity contribution is -0.151. The number of carbonyl (C=O) groups is 6. The molecule has 234 valence electrons. The van der Waals surface area contributed by atoms with Gasteiger partial charge in [0.1, 0.15) is 35.6 Å². The summed E-state index contributed by atoms with van der Waals surface area (Å²) in [7, 11) is 0. The number of aliphatic carboxylic acids is 1. The van der Waals surface area contributed by atoms with Crippen LogP contribution in [0.5, 0.6) is 0 Å². The molecular weight excluding hydrogens is 611 g/mol. The molecule has 0 aromatic heterocycles. The van der Waals surface area contributed by atoms with E-state index in [2.05, 4.69) is 15.7 Å². The van der Waals surface area contributed by atoms with Crippen molar-refractivity contribution in [3.05, 3.63) is 82.8 Å². The Morgan fingerprint density at radius 3 is 2.51 bits per heavy atom. The molecule has 5 rings (SSSR count). The summed E-state index contributed by atoms with van der Waals surface area (Å²) in [6.07, 6.45) is 1.17. The smallest absolute Gasteiger partial charge is 0.352 e. The molecule has 3 aliphatic heterocycles. The SMILES string of the molecule is CC(=O)OCC1=C(C(=O)O)N2C(=O)C(NC(=O)C(NC(=O)N3CCN(N=Cc4ccccc4F)C3=O)c3ccccc3)[C@@H]2SC1. The molecule has 0 spiro atoms. The van der Waals surface area contributed by atoms with Crippen molar-refractivity contribution in [1.29, 1.82) is 0 Å². The van der Waals surface area contributed by atoms with E-state index >= 15 is 0 Å².